The van der Waals surface area contributed by atoms with Crippen LogP contribution in [0, 0.1) is 0 Å². The van der Waals surface area contributed by atoms with Gasteiger partial charge in [0.25, 0.3) is 5.91 Å². The standard InChI is InChI=1S/C19H24N4O2/c1-20-10-6-12-22-19(25)17(13-15-7-5-11-21-14-15)23-18(24)16-8-3-2-4-9-16/h2-5,7-9,11,14,17,20H,6,10,12-13H2,1H3,(H,22,25)(H,23,24). The summed E-state index contributed by atoms with van der Waals surface area (Å²) in [6.07, 6.45) is 4.60. The van der Waals surface area contributed by atoms with Gasteiger partial charge in [0.1, 0.15) is 6.04 Å². The van der Waals surface area contributed by atoms with E-state index < -0.39 is 6.04 Å². The van der Waals surface area contributed by atoms with Crippen LogP contribution in [0.5, 0.6) is 0 Å². The van der Waals surface area contributed by atoms with Gasteiger partial charge in [0.05, 0.1) is 0 Å². The van der Waals surface area contributed by atoms with Crippen LogP contribution in [0.25, 0.3) is 0 Å². The van der Waals surface area contributed by atoms with E-state index in [2.05, 4.69) is 20.9 Å². The molecule has 2 rings (SSSR count). The fourth-order valence-electron chi connectivity index (χ4n) is 2.39. The maximum atomic E-state index is 12.5. The van der Waals surface area contributed by atoms with Gasteiger partial charge in [-0.25, -0.2) is 0 Å². The van der Waals surface area contributed by atoms with E-state index in [9.17, 15) is 9.59 Å². The first-order chi connectivity index (χ1) is 12.2. The summed E-state index contributed by atoms with van der Waals surface area (Å²) in [5, 5.41) is 8.74. The molecule has 2 aromatic rings. The van der Waals surface area contributed by atoms with Crippen LogP contribution in [0.4, 0.5) is 0 Å². The molecular formula is C19H24N4O2. The van der Waals surface area contributed by atoms with E-state index >= 15 is 0 Å². The van der Waals surface area contributed by atoms with E-state index in [1.165, 1.54) is 0 Å². The van der Waals surface area contributed by atoms with Crippen LogP contribution >= 0.6 is 0 Å². The molecule has 3 N–H and O–H groups in total. The monoisotopic (exact) mass is 340 g/mol. The molecule has 1 aromatic carbocycles. The smallest absolute Gasteiger partial charge is 0.251 e. The van der Waals surface area contributed by atoms with Crippen molar-refractivity contribution in [1.29, 1.82) is 0 Å². The maximum absolute atomic E-state index is 12.5. The highest BCUT2D eigenvalue weighted by atomic mass is 16.2. The van der Waals surface area contributed by atoms with Crippen molar-refractivity contribution >= 4 is 11.8 Å². The molecule has 0 radical (unpaired) electrons. The molecule has 1 heterocycles. The largest absolute Gasteiger partial charge is 0.354 e. The molecule has 0 fully saturated rings. The second-order valence-corrected chi connectivity index (χ2v) is 5.71. The fraction of sp³-hybridized carbons (Fsp3) is 0.316. The third-order valence-corrected chi connectivity index (χ3v) is 3.72. The summed E-state index contributed by atoms with van der Waals surface area (Å²) < 4.78 is 0. The van der Waals surface area contributed by atoms with Crippen LogP contribution in [0.15, 0.2) is 54.9 Å². The number of nitrogens with zero attached hydrogens (tertiary/aromatic N) is 1. The molecule has 1 aromatic heterocycles. The van der Waals surface area contributed by atoms with Crippen molar-refractivity contribution in [1.82, 2.24) is 20.9 Å². The molecule has 0 bridgehead atoms. The minimum atomic E-state index is -0.647. The Bertz CT molecular complexity index is 662. The summed E-state index contributed by atoms with van der Waals surface area (Å²) in [5.74, 6) is -0.455. The average molecular weight is 340 g/mol. The second-order valence-electron chi connectivity index (χ2n) is 5.71. The Morgan fingerprint density at radius 1 is 1.08 bits per heavy atom. The number of hydrogen-bond acceptors (Lipinski definition) is 4. The molecule has 6 heteroatoms. The van der Waals surface area contributed by atoms with Crippen molar-refractivity contribution < 1.29 is 9.59 Å². The number of carbonyl (C=O) groups excluding carboxylic acids is 2. The van der Waals surface area contributed by atoms with E-state index in [0.717, 1.165) is 18.5 Å². The number of hydrogen-bond donors (Lipinski definition) is 3. The van der Waals surface area contributed by atoms with Crippen molar-refractivity contribution in [3.8, 4) is 0 Å². The third kappa shape index (κ3) is 6.35. The Labute approximate surface area is 148 Å². The van der Waals surface area contributed by atoms with Gasteiger partial charge >= 0.3 is 0 Å². The molecule has 25 heavy (non-hydrogen) atoms. The lowest BCUT2D eigenvalue weighted by atomic mass is 10.1. The van der Waals surface area contributed by atoms with Crippen LogP contribution < -0.4 is 16.0 Å². The highest BCUT2D eigenvalue weighted by Gasteiger charge is 2.21. The van der Waals surface area contributed by atoms with Gasteiger partial charge < -0.3 is 16.0 Å². The second kappa shape index (κ2) is 10.2. The zero-order valence-corrected chi connectivity index (χ0v) is 14.4. The Hall–Kier alpha value is -2.73. The molecule has 6 nitrogen and oxygen atoms in total. The van der Waals surface area contributed by atoms with Crippen molar-refractivity contribution in [3.05, 3.63) is 66.0 Å². The van der Waals surface area contributed by atoms with Crippen LogP contribution in [0.3, 0.4) is 0 Å². The summed E-state index contributed by atoms with van der Waals surface area (Å²) in [7, 11) is 1.87. The van der Waals surface area contributed by atoms with Gasteiger partial charge in [-0.2, -0.15) is 0 Å². The number of rotatable bonds is 9. The van der Waals surface area contributed by atoms with Gasteiger partial charge in [-0.05, 0) is 43.8 Å². The van der Waals surface area contributed by atoms with E-state index in [0.29, 0.717) is 18.5 Å². The number of nitrogens with one attached hydrogen (secondary N) is 3. The number of aromatic nitrogens is 1. The van der Waals surface area contributed by atoms with Crippen molar-refractivity contribution in [2.45, 2.75) is 18.9 Å². The van der Waals surface area contributed by atoms with Gasteiger partial charge in [-0.1, -0.05) is 24.3 Å². The van der Waals surface area contributed by atoms with Crippen LogP contribution in [0.1, 0.15) is 22.3 Å². The maximum Gasteiger partial charge on any atom is 0.251 e. The first-order valence-electron chi connectivity index (χ1n) is 8.38. The summed E-state index contributed by atoms with van der Waals surface area (Å²) >= 11 is 0. The third-order valence-electron chi connectivity index (χ3n) is 3.72. The van der Waals surface area contributed by atoms with Gasteiger partial charge in [0.15, 0.2) is 0 Å². The zero-order valence-electron chi connectivity index (χ0n) is 14.4. The molecule has 0 aliphatic carbocycles. The molecule has 0 spiro atoms. The van der Waals surface area contributed by atoms with Crippen LogP contribution in [-0.2, 0) is 11.2 Å². The van der Waals surface area contributed by atoms with E-state index in [1.54, 1.807) is 36.7 Å². The SMILES string of the molecule is CNCCCNC(=O)C(Cc1cccnc1)NC(=O)c1ccccc1. The Balaban J connectivity index is 2.03. The lowest BCUT2D eigenvalue weighted by Crippen LogP contribution is -2.48. The highest BCUT2D eigenvalue weighted by Crippen LogP contribution is 2.05. The summed E-state index contributed by atoms with van der Waals surface area (Å²) in [4.78, 5) is 29.0. The number of benzene rings is 1. The first kappa shape index (κ1) is 18.6. The van der Waals surface area contributed by atoms with E-state index in [-0.39, 0.29) is 11.8 Å². The summed E-state index contributed by atoms with van der Waals surface area (Å²) in [6, 6.07) is 11.9. The van der Waals surface area contributed by atoms with E-state index in [4.69, 9.17) is 0 Å². The number of pyridine rings is 1. The van der Waals surface area contributed by atoms with Crippen LogP contribution in [-0.4, -0.2) is 43.0 Å². The highest BCUT2D eigenvalue weighted by molar-refractivity contribution is 5.97. The number of carbonyl (C=O) groups is 2. The summed E-state index contributed by atoms with van der Waals surface area (Å²) in [5.41, 5.74) is 1.42. The van der Waals surface area contributed by atoms with Gasteiger partial charge in [-0.15, -0.1) is 0 Å². The minimum absolute atomic E-state index is 0.191. The quantitative estimate of drug-likeness (QED) is 0.598. The van der Waals surface area contributed by atoms with Gasteiger partial charge in [-0.3, -0.25) is 14.6 Å². The van der Waals surface area contributed by atoms with Crippen molar-refractivity contribution in [2.24, 2.45) is 0 Å². The van der Waals surface area contributed by atoms with Crippen molar-refractivity contribution in [3.63, 3.8) is 0 Å². The van der Waals surface area contributed by atoms with Gasteiger partial charge in [0, 0.05) is 30.9 Å². The number of amides is 2. The lowest BCUT2D eigenvalue weighted by Gasteiger charge is -2.18. The molecule has 0 aliphatic rings. The molecule has 1 unspecified atom stereocenters. The Kier molecular flexibility index (Phi) is 7.59. The zero-order chi connectivity index (χ0) is 17.9. The van der Waals surface area contributed by atoms with Crippen LogP contribution in [0.2, 0.25) is 0 Å². The molecule has 0 saturated heterocycles. The predicted octanol–water partition coefficient (Wildman–Crippen LogP) is 1.15. The predicted molar refractivity (Wildman–Crippen MR) is 97.2 cm³/mol. The van der Waals surface area contributed by atoms with Gasteiger partial charge in [0.2, 0.25) is 5.91 Å². The molecule has 2 amide bonds. The molecule has 0 saturated carbocycles. The average Bonchev–Trinajstić information content (AvgIpc) is 2.66. The Morgan fingerprint density at radius 2 is 1.88 bits per heavy atom. The summed E-state index contributed by atoms with van der Waals surface area (Å²) in [6.45, 7) is 1.38. The molecule has 132 valence electrons. The fourth-order valence-corrected chi connectivity index (χ4v) is 2.39. The minimum Gasteiger partial charge on any atom is -0.354 e. The molecule has 0 aliphatic heterocycles. The van der Waals surface area contributed by atoms with Crippen molar-refractivity contribution in [2.75, 3.05) is 20.1 Å². The molecular weight excluding hydrogens is 316 g/mol. The molecule has 1 atom stereocenters. The van der Waals surface area contributed by atoms with E-state index in [1.807, 2.05) is 25.2 Å². The topological polar surface area (TPSA) is 83.1 Å². The Morgan fingerprint density at radius 3 is 2.56 bits per heavy atom. The first-order valence-corrected chi connectivity index (χ1v) is 8.38. The lowest BCUT2D eigenvalue weighted by molar-refractivity contribution is -0.122. The normalized spacial score (nSPS) is 11.6.